The van der Waals surface area contributed by atoms with Crippen LogP contribution in [0.3, 0.4) is 0 Å². The Morgan fingerprint density at radius 1 is 0.571 bits per heavy atom. The fraction of sp³-hybridized carbons (Fsp3) is 0. The van der Waals surface area contributed by atoms with E-state index in [-0.39, 0.29) is 35.6 Å². The largest absolute Gasteiger partial charge is 2.00 e. The molecule has 0 rings (SSSR count). The molecule has 0 N–H and O–H groups in total. The van der Waals surface area contributed by atoms with Crippen LogP contribution in [-0.4, -0.2) is 15.3 Å². The van der Waals surface area contributed by atoms with Crippen molar-refractivity contribution >= 4 is 0 Å². The molecule has 0 aromatic rings. The Hall–Kier alpha value is -1.30. The van der Waals surface area contributed by atoms with Gasteiger partial charge in [0.15, 0.2) is 0 Å². The molecule has 0 atom stereocenters. The molecule has 0 aliphatic carbocycles. The Labute approximate surface area is 97.2 Å². The van der Waals surface area contributed by atoms with Gasteiger partial charge in [0.05, 0.1) is 15.3 Å². The molecule has 12 nitrogen and oxygen atoms in total. The van der Waals surface area contributed by atoms with E-state index in [1.165, 1.54) is 0 Å². The molecular weight excluding hydrogens is 252 g/mol. The fourth-order valence-corrected chi connectivity index (χ4v) is 0. The minimum absolute atomic E-state index is 0. The van der Waals surface area contributed by atoms with E-state index in [1.807, 2.05) is 0 Å². The molecule has 0 aromatic heterocycles. The van der Waals surface area contributed by atoms with E-state index in [9.17, 15) is 0 Å². The Morgan fingerprint density at radius 3 is 0.571 bits per heavy atom. The zero-order chi connectivity index (χ0) is 10.7. The number of rotatable bonds is 0. The van der Waals surface area contributed by atoms with Crippen molar-refractivity contribution in [2.45, 2.75) is 0 Å². The zero-order valence-electron chi connectivity index (χ0n) is 6.35. The first-order valence-electron chi connectivity index (χ1n) is 1.64. The molecule has 0 heterocycles. The van der Waals surface area contributed by atoms with Crippen LogP contribution in [0.15, 0.2) is 0 Å². The van der Waals surface area contributed by atoms with Gasteiger partial charge < -0.3 is 46.0 Å². The third-order valence-electron chi connectivity index (χ3n) is 0. The fourth-order valence-electron chi connectivity index (χ4n) is 0. The number of hydrogen-bond donors (Lipinski definition) is 0. The monoisotopic (exact) mass is 252 g/mol. The first-order valence-corrected chi connectivity index (χ1v) is 1.64. The van der Waals surface area contributed by atoms with Crippen molar-refractivity contribution in [3.8, 4) is 0 Å². The van der Waals surface area contributed by atoms with Gasteiger partial charge in [-0.1, -0.05) is 0 Å². The van der Waals surface area contributed by atoms with E-state index in [0.717, 1.165) is 0 Å². The predicted molar refractivity (Wildman–Crippen MR) is 31.1 cm³/mol. The molecule has 0 unspecified atom stereocenters. The van der Waals surface area contributed by atoms with Crippen LogP contribution in [0.5, 0.6) is 0 Å². The van der Waals surface area contributed by atoms with Gasteiger partial charge in [0.1, 0.15) is 0 Å². The van der Waals surface area contributed by atoms with Gasteiger partial charge in [0, 0.05) is 0 Å². The predicted octanol–water partition coefficient (Wildman–Crippen LogP) is -3.72. The third kappa shape index (κ3) is 600. The van der Waals surface area contributed by atoms with Gasteiger partial charge in [-0.3, -0.25) is 0 Å². The summed E-state index contributed by atoms with van der Waals surface area (Å²) in [6.07, 6.45) is 0. The van der Waals surface area contributed by atoms with Crippen molar-refractivity contribution in [1.29, 1.82) is 0 Å². The van der Waals surface area contributed by atoms with Gasteiger partial charge in [-0.15, -0.1) is 0 Å². The second-order valence-corrected chi connectivity index (χ2v) is 0.671. The van der Waals surface area contributed by atoms with Gasteiger partial charge in [-0.05, 0) is 0 Å². The molecule has 0 amide bonds. The summed E-state index contributed by atoms with van der Waals surface area (Å²) in [5.74, 6) is 0. The Morgan fingerprint density at radius 2 is 0.571 bits per heavy atom. The van der Waals surface area contributed by atoms with E-state index in [2.05, 4.69) is 0 Å². The van der Waals surface area contributed by atoms with Crippen LogP contribution in [0.2, 0.25) is 0 Å². The topological polar surface area (TPSA) is 199 Å². The van der Waals surface area contributed by atoms with E-state index in [4.69, 9.17) is 46.0 Å². The molecule has 0 saturated heterocycles. The van der Waals surface area contributed by atoms with Crippen molar-refractivity contribution in [1.82, 2.24) is 0 Å². The van der Waals surface area contributed by atoms with Crippen LogP contribution in [0.25, 0.3) is 0 Å². The van der Waals surface area contributed by atoms with Crippen LogP contribution < -0.4 is 18.9 Å². The summed E-state index contributed by atoms with van der Waals surface area (Å²) in [7, 11) is 0. The Balaban J connectivity index is -0.0000000270. The summed E-state index contributed by atoms with van der Waals surface area (Å²) in [5, 5.41) is 44.2. The average Bonchev–Trinajstić information content (AvgIpc) is 1.54. The quantitative estimate of drug-likeness (QED) is 0.236. The van der Waals surface area contributed by atoms with Crippen LogP contribution in [-0.2, 0) is 16.8 Å². The van der Waals surface area contributed by atoms with E-state index < -0.39 is 15.3 Å². The molecule has 0 saturated carbocycles. The van der Waals surface area contributed by atoms with Crippen molar-refractivity contribution < 1.29 is 50.9 Å². The summed E-state index contributed by atoms with van der Waals surface area (Å²) >= 11 is 0. The van der Waals surface area contributed by atoms with Gasteiger partial charge in [-0.2, -0.15) is 0 Å². The second-order valence-electron chi connectivity index (χ2n) is 0.671. The van der Waals surface area contributed by atoms with Gasteiger partial charge >= 0.3 is 35.6 Å². The maximum atomic E-state index is 8.25. The maximum absolute atomic E-state index is 8.25. The smallest absolute Gasteiger partial charge is 0.356 e. The normalized spacial score (nSPS) is 5.14. The van der Waals surface area contributed by atoms with E-state index in [1.54, 1.807) is 0 Å². The first-order chi connectivity index (χ1) is 5.20. The molecule has 14 heavy (non-hydrogen) atoms. The van der Waals surface area contributed by atoms with Crippen molar-refractivity contribution in [2.24, 2.45) is 0 Å². The van der Waals surface area contributed by atoms with Crippen LogP contribution in [0, 0.1) is 46.0 Å². The summed E-state index contributed by atoms with van der Waals surface area (Å²) in [6.45, 7) is 0. The molecule has 0 bridgehead atoms. The molecule has 0 spiro atoms. The second kappa shape index (κ2) is 22.6. The molecule has 0 aliphatic heterocycles. The number of hydrogen-bond acceptors (Lipinski definition) is 9. The summed E-state index contributed by atoms with van der Waals surface area (Å²) < 4.78 is 0. The van der Waals surface area contributed by atoms with E-state index in [0.29, 0.717) is 0 Å². The van der Waals surface area contributed by atoms with Crippen molar-refractivity contribution in [3.63, 3.8) is 0 Å². The number of nitrogens with zero attached hydrogens (tertiary/aromatic N) is 3. The first kappa shape index (κ1) is 29.3. The van der Waals surface area contributed by atoms with Gasteiger partial charge in [-0.25, -0.2) is 0 Å². The van der Waals surface area contributed by atoms with Crippen molar-refractivity contribution in [2.75, 3.05) is 0 Å². The van der Waals surface area contributed by atoms with E-state index >= 15 is 0 Å². The van der Waals surface area contributed by atoms with Gasteiger partial charge in [0.25, 0.3) is 0 Å². The average molecular weight is 252 g/mol. The minimum atomic E-state index is -1.75. The third-order valence-corrected chi connectivity index (χ3v) is 0. The molecule has 0 aliphatic rings. The van der Waals surface area contributed by atoms with Crippen molar-refractivity contribution in [3.05, 3.63) is 46.0 Å². The summed E-state index contributed by atoms with van der Waals surface area (Å²) in [6, 6.07) is 0. The van der Waals surface area contributed by atoms with Crippen LogP contribution >= 0.6 is 0 Å². The molecule has 79 valence electrons. The SMILES string of the molecule is O=[N+]([O-])[O-].O=[N+]([O-])[O-].O=[N+]([O-])[O-].[Co+2].[Li+]. The molecule has 1 radical (unpaired) electrons. The molecule has 14 heteroatoms. The maximum Gasteiger partial charge on any atom is 2.00 e. The van der Waals surface area contributed by atoms with Crippen LogP contribution in [0.1, 0.15) is 0 Å². The molecular formula is CoLiN3O9. The zero-order valence-corrected chi connectivity index (χ0v) is 7.39. The minimum Gasteiger partial charge on any atom is -0.356 e. The standard InChI is InChI=1S/Co.Li.3NO3/c;;3*2-1(3)4/q+2;+1;3*-1. The Bertz CT molecular complexity index is 118. The van der Waals surface area contributed by atoms with Gasteiger partial charge in [0.2, 0.25) is 0 Å². The molecule has 0 fully saturated rings. The summed E-state index contributed by atoms with van der Waals surface area (Å²) in [4.78, 5) is 24.8. The Kier molecular flexibility index (Phi) is 47.3. The van der Waals surface area contributed by atoms with Crippen LogP contribution in [0.4, 0.5) is 0 Å². The summed E-state index contributed by atoms with van der Waals surface area (Å²) in [5.41, 5.74) is 0. The molecule has 0 aromatic carbocycles.